The third-order valence-corrected chi connectivity index (χ3v) is 1.74. The number of benzene rings is 1. The van der Waals surface area contributed by atoms with Crippen molar-refractivity contribution in [1.82, 2.24) is 0 Å². The number of phenolic OH excluding ortho intramolecular Hbond substituents is 1. The maximum atomic E-state index is 12.3. The molecule has 0 bridgehead atoms. The van der Waals surface area contributed by atoms with Gasteiger partial charge in [-0.3, -0.25) is 0 Å². The maximum absolute atomic E-state index is 12.3. The Morgan fingerprint density at radius 2 is 1.93 bits per heavy atom. The lowest BCUT2D eigenvalue weighted by Crippen LogP contribution is -2.05. The zero-order valence-electron chi connectivity index (χ0n) is 7.62. The van der Waals surface area contributed by atoms with Gasteiger partial charge in [0.2, 0.25) is 0 Å². The van der Waals surface area contributed by atoms with E-state index in [0.717, 1.165) is 12.1 Å². The first-order chi connectivity index (χ1) is 6.95. The largest absolute Gasteiger partial charge is 0.507 e. The molecular formula is C10H9F3O2. The molecule has 0 spiro atoms. The molecule has 5 heteroatoms. The van der Waals surface area contributed by atoms with Gasteiger partial charge in [0, 0.05) is 0 Å². The Hall–Kier alpha value is -1.49. The molecular weight excluding hydrogens is 209 g/mol. The lowest BCUT2D eigenvalue weighted by molar-refractivity contribution is -0.138. The predicted molar refractivity (Wildman–Crippen MR) is 49.2 cm³/mol. The molecule has 2 nitrogen and oxygen atoms in total. The van der Waals surface area contributed by atoms with E-state index in [1.165, 1.54) is 18.2 Å². The van der Waals surface area contributed by atoms with Gasteiger partial charge in [-0.15, -0.1) is 0 Å². The van der Waals surface area contributed by atoms with Crippen molar-refractivity contribution >= 4 is 6.08 Å². The standard InChI is InChI=1S/C10H9F3O2/c11-10(12,13)8-6-7(2-1-5-14)3-4-9(8)15/h1-4,6,14-15H,5H2. The molecule has 2 N–H and O–H groups in total. The van der Waals surface area contributed by atoms with Crippen LogP contribution in [-0.4, -0.2) is 16.8 Å². The summed E-state index contributed by atoms with van der Waals surface area (Å²) in [5.41, 5.74) is -0.809. The van der Waals surface area contributed by atoms with Crippen LogP contribution in [0.25, 0.3) is 6.08 Å². The molecule has 0 radical (unpaired) electrons. The van der Waals surface area contributed by atoms with Crippen molar-refractivity contribution in [3.63, 3.8) is 0 Å². The van der Waals surface area contributed by atoms with E-state index in [0.29, 0.717) is 0 Å². The van der Waals surface area contributed by atoms with Crippen molar-refractivity contribution in [2.75, 3.05) is 6.61 Å². The molecule has 0 saturated heterocycles. The van der Waals surface area contributed by atoms with Crippen molar-refractivity contribution in [3.8, 4) is 5.75 Å². The Kier molecular flexibility index (Phi) is 3.36. The molecule has 0 atom stereocenters. The SMILES string of the molecule is OCC=Cc1ccc(O)c(C(F)(F)F)c1. The van der Waals surface area contributed by atoms with Crippen LogP contribution < -0.4 is 0 Å². The lowest BCUT2D eigenvalue weighted by atomic mass is 10.1. The monoisotopic (exact) mass is 218 g/mol. The van der Waals surface area contributed by atoms with Crippen molar-refractivity contribution in [3.05, 3.63) is 35.4 Å². The Labute approximate surface area is 84.3 Å². The molecule has 0 aliphatic heterocycles. The molecule has 1 rings (SSSR count). The summed E-state index contributed by atoms with van der Waals surface area (Å²) in [6, 6.07) is 3.12. The van der Waals surface area contributed by atoms with Crippen LogP contribution in [0.5, 0.6) is 5.75 Å². The highest BCUT2D eigenvalue weighted by Gasteiger charge is 2.33. The summed E-state index contributed by atoms with van der Waals surface area (Å²) in [6.07, 6.45) is -1.92. The fourth-order valence-electron chi connectivity index (χ4n) is 1.07. The molecule has 0 amide bonds. The Morgan fingerprint density at radius 3 is 2.47 bits per heavy atom. The smallest absolute Gasteiger partial charge is 0.419 e. The molecule has 15 heavy (non-hydrogen) atoms. The number of aromatic hydroxyl groups is 1. The van der Waals surface area contributed by atoms with Gasteiger partial charge in [-0.25, -0.2) is 0 Å². The van der Waals surface area contributed by atoms with E-state index in [9.17, 15) is 13.2 Å². The highest BCUT2D eigenvalue weighted by atomic mass is 19.4. The van der Waals surface area contributed by atoms with Gasteiger partial charge in [0.25, 0.3) is 0 Å². The first kappa shape index (κ1) is 11.6. The molecule has 0 unspecified atom stereocenters. The van der Waals surface area contributed by atoms with Gasteiger partial charge >= 0.3 is 6.18 Å². The maximum Gasteiger partial charge on any atom is 0.419 e. The third-order valence-electron chi connectivity index (χ3n) is 1.74. The van der Waals surface area contributed by atoms with Gasteiger partial charge in [0.15, 0.2) is 0 Å². The van der Waals surface area contributed by atoms with Crippen LogP contribution in [0.3, 0.4) is 0 Å². The van der Waals surface area contributed by atoms with Crippen LogP contribution in [0.2, 0.25) is 0 Å². The molecule has 0 fully saturated rings. The molecule has 0 aliphatic rings. The first-order valence-electron chi connectivity index (χ1n) is 4.13. The number of halogens is 3. The van der Waals surface area contributed by atoms with Gasteiger partial charge in [-0.05, 0) is 17.7 Å². The van der Waals surface area contributed by atoms with Crippen LogP contribution in [0.4, 0.5) is 13.2 Å². The molecule has 0 aromatic heterocycles. The molecule has 1 aromatic rings. The molecule has 1 aromatic carbocycles. The summed E-state index contributed by atoms with van der Waals surface area (Å²) in [5, 5.41) is 17.5. The van der Waals surface area contributed by atoms with Gasteiger partial charge in [0.1, 0.15) is 5.75 Å². The number of alkyl halides is 3. The number of rotatable bonds is 2. The second-order valence-electron chi connectivity index (χ2n) is 2.86. The van der Waals surface area contributed by atoms with Crippen LogP contribution in [0.1, 0.15) is 11.1 Å². The van der Waals surface area contributed by atoms with E-state index in [-0.39, 0.29) is 12.2 Å². The molecule has 0 aliphatic carbocycles. The number of aliphatic hydroxyl groups is 1. The predicted octanol–water partition coefficient (Wildman–Crippen LogP) is 2.42. The average Bonchev–Trinajstić information content (AvgIpc) is 2.15. The first-order valence-corrected chi connectivity index (χ1v) is 4.13. The highest BCUT2D eigenvalue weighted by Crippen LogP contribution is 2.36. The summed E-state index contributed by atoms with van der Waals surface area (Å²) >= 11 is 0. The van der Waals surface area contributed by atoms with Crippen molar-refractivity contribution < 1.29 is 23.4 Å². The fraction of sp³-hybridized carbons (Fsp3) is 0.200. The normalized spacial score (nSPS) is 12.3. The van der Waals surface area contributed by atoms with Crippen molar-refractivity contribution in [2.24, 2.45) is 0 Å². The van der Waals surface area contributed by atoms with Gasteiger partial charge in [-0.2, -0.15) is 13.2 Å². The van der Waals surface area contributed by atoms with Crippen molar-refractivity contribution in [2.45, 2.75) is 6.18 Å². The summed E-state index contributed by atoms with van der Waals surface area (Å²) in [6.45, 7) is -0.248. The topological polar surface area (TPSA) is 40.5 Å². The molecule has 82 valence electrons. The van der Waals surface area contributed by atoms with E-state index in [4.69, 9.17) is 10.2 Å². The highest BCUT2D eigenvalue weighted by molar-refractivity contribution is 5.53. The zero-order valence-corrected chi connectivity index (χ0v) is 7.62. The van der Waals surface area contributed by atoms with E-state index < -0.39 is 17.5 Å². The quantitative estimate of drug-likeness (QED) is 0.800. The Bertz CT molecular complexity index is 369. The zero-order chi connectivity index (χ0) is 11.5. The van der Waals surface area contributed by atoms with E-state index in [2.05, 4.69) is 0 Å². The summed E-state index contributed by atoms with van der Waals surface area (Å²) in [7, 11) is 0. The summed E-state index contributed by atoms with van der Waals surface area (Å²) < 4.78 is 37.0. The number of hydrogen-bond donors (Lipinski definition) is 2. The van der Waals surface area contributed by atoms with E-state index in [1.807, 2.05) is 0 Å². The van der Waals surface area contributed by atoms with Crippen LogP contribution >= 0.6 is 0 Å². The average molecular weight is 218 g/mol. The Balaban J connectivity index is 3.11. The minimum Gasteiger partial charge on any atom is -0.507 e. The van der Waals surface area contributed by atoms with Crippen molar-refractivity contribution in [1.29, 1.82) is 0 Å². The van der Waals surface area contributed by atoms with Crippen LogP contribution in [0, 0.1) is 0 Å². The lowest BCUT2D eigenvalue weighted by Gasteiger charge is -2.09. The van der Waals surface area contributed by atoms with Crippen LogP contribution in [0.15, 0.2) is 24.3 Å². The second-order valence-corrected chi connectivity index (χ2v) is 2.86. The number of phenols is 1. The second kappa shape index (κ2) is 4.35. The Morgan fingerprint density at radius 1 is 1.27 bits per heavy atom. The van der Waals surface area contributed by atoms with E-state index >= 15 is 0 Å². The van der Waals surface area contributed by atoms with Gasteiger partial charge in [-0.1, -0.05) is 18.2 Å². The minimum atomic E-state index is -4.58. The fourth-order valence-corrected chi connectivity index (χ4v) is 1.07. The molecule has 0 saturated carbocycles. The number of aliphatic hydroxyl groups excluding tert-OH is 1. The minimum absolute atomic E-state index is 0.248. The molecule has 0 heterocycles. The summed E-state index contributed by atoms with van der Waals surface area (Å²) in [5.74, 6) is -0.802. The number of hydrogen-bond acceptors (Lipinski definition) is 2. The third kappa shape index (κ3) is 2.99. The van der Waals surface area contributed by atoms with Gasteiger partial charge < -0.3 is 10.2 Å². The van der Waals surface area contributed by atoms with Crippen LogP contribution in [-0.2, 0) is 6.18 Å². The van der Waals surface area contributed by atoms with Gasteiger partial charge in [0.05, 0.1) is 12.2 Å². The summed E-state index contributed by atoms with van der Waals surface area (Å²) in [4.78, 5) is 0. The van der Waals surface area contributed by atoms with E-state index in [1.54, 1.807) is 0 Å².